The second-order valence-corrected chi connectivity index (χ2v) is 3.86. The van der Waals surface area contributed by atoms with E-state index in [0.717, 1.165) is 23.1 Å². The predicted octanol–water partition coefficient (Wildman–Crippen LogP) is 2.75. The quantitative estimate of drug-likeness (QED) is 0.816. The zero-order chi connectivity index (χ0) is 12.3. The van der Waals surface area contributed by atoms with Crippen LogP contribution < -0.4 is 5.73 Å². The number of hydrogen-bond acceptors (Lipinski definition) is 2. The fourth-order valence-corrected chi connectivity index (χ4v) is 1.75. The first-order valence-electron chi connectivity index (χ1n) is 5.61. The first-order chi connectivity index (χ1) is 8.22. The molecule has 1 heterocycles. The molecule has 0 aliphatic carbocycles. The highest BCUT2D eigenvalue weighted by atomic mass is 14.8. The van der Waals surface area contributed by atoms with Crippen LogP contribution in [-0.2, 0) is 0 Å². The Morgan fingerprint density at radius 3 is 2.71 bits per heavy atom. The molecule has 0 atom stereocenters. The van der Waals surface area contributed by atoms with E-state index in [9.17, 15) is 0 Å². The number of nitrogens with zero attached hydrogens (tertiary/aromatic N) is 1. The van der Waals surface area contributed by atoms with E-state index in [0.29, 0.717) is 11.5 Å². The number of aliphatic imine (C=N–C) groups is 1. The Bertz CT molecular complexity index is 522. The minimum atomic E-state index is 0.292. The average molecular weight is 225 g/mol. The molecule has 1 aliphatic heterocycles. The molecule has 0 amide bonds. The molecule has 0 saturated heterocycles. The van der Waals surface area contributed by atoms with Gasteiger partial charge in [-0.25, -0.2) is 4.99 Å². The molecule has 1 aromatic carbocycles. The van der Waals surface area contributed by atoms with Gasteiger partial charge in [-0.1, -0.05) is 37.3 Å². The third kappa shape index (κ3) is 2.33. The Hall–Kier alpha value is -2.16. The van der Waals surface area contributed by atoms with Gasteiger partial charge in [0, 0.05) is 17.5 Å². The van der Waals surface area contributed by atoms with Gasteiger partial charge in [0.15, 0.2) is 5.84 Å². The van der Waals surface area contributed by atoms with Gasteiger partial charge < -0.3 is 5.73 Å². The average Bonchev–Trinajstić information content (AvgIpc) is 2.71. The molecule has 1 aliphatic rings. The van der Waals surface area contributed by atoms with Crippen molar-refractivity contribution in [3.63, 3.8) is 0 Å². The topological polar surface area (TPSA) is 62.2 Å². The van der Waals surface area contributed by atoms with Crippen LogP contribution in [-0.4, -0.2) is 12.1 Å². The van der Waals surface area contributed by atoms with Crippen molar-refractivity contribution in [1.29, 1.82) is 5.41 Å². The van der Waals surface area contributed by atoms with Crippen molar-refractivity contribution in [2.75, 3.05) is 0 Å². The van der Waals surface area contributed by atoms with Crippen molar-refractivity contribution in [2.24, 2.45) is 10.7 Å². The second kappa shape index (κ2) is 4.78. The highest BCUT2D eigenvalue weighted by molar-refractivity contribution is 6.14. The van der Waals surface area contributed by atoms with Gasteiger partial charge in [-0.3, -0.25) is 5.41 Å². The van der Waals surface area contributed by atoms with Crippen LogP contribution >= 0.6 is 0 Å². The molecule has 0 aromatic heterocycles. The first-order valence-corrected chi connectivity index (χ1v) is 5.61. The monoisotopic (exact) mass is 225 g/mol. The van der Waals surface area contributed by atoms with Gasteiger partial charge in [-0.05, 0) is 23.6 Å². The van der Waals surface area contributed by atoms with E-state index in [-0.39, 0.29) is 0 Å². The van der Waals surface area contributed by atoms with Crippen LogP contribution in [0, 0.1) is 5.41 Å². The molecule has 17 heavy (non-hydrogen) atoms. The number of rotatable bonds is 3. The SMILES string of the molecule is CCC1=C(C=C(N)c2ccccc2)C(=N)N=C1. The lowest BCUT2D eigenvalue weighted by Gasteiger charge is -2.03. The zero-order valence-electron chi connectivity index (χ0n) is 9.77. The van der Waals surface area contributed by atoms with E-state index < -0.39 is 0 Å². The highest BCUT2D eigenvalue weighted by Gasteiger charge is 2.13. The smallest absolute Gasteiger partial charge is 0.152 e. The number of allylic oxidation sites excluding steroid dienone is 1. The van der Waals surface area contributed by atoms with Gasteiger partial charge in [0.2, 0.25) is 0 Å². The Labute approximate surface area is 101 Å². The predicted molar refractivity (Wildman–Crippen MR) is 72.1 cm³/mol. The van der Waals surface area contributed by atoms with E-state index in [1.807, 2.05) is 43.3 Å². The number of nitrogens with one attached hydrogen (secondary N) is 1. The summed E-state index contributed by atoms with van der Waals surface area (Å²) in [6, 6.07) is 9.76. The summed E-state index contributed by atoms with van der Waals surface area (Å²) in [5.74, 6) is 0.292. The first kappa shape index (κ1) is 11.3. The molecule has 3 N–H and O–H groups in total. The Morgan fingerprint density at radius 1 is 1.35 bits per heavy atom. The Balaban J connectivity index is 2.35. The second-order valence-electron chi connectivity index (χ2n) is 3.86. The maximum Gasteiger partial charge on any atom is 0.152 e. The minimum absolute atomic E-state index is 0.292. The van der Waals surface area contributed by atoms with Gasteiger partial charge in [0.25, 0.3) is 0 Å². The fraction of sp³-hybridized carbons (Fsp3) is 0.143. The third-order valence-corrected chi connectivity index (χ3v) is 2.74. The summed E-state index contributed by atoms with van der Waals surface area (Å²) >= 11 is 0. The molecule has 0 saturated carbocycles. The van der Waals surface area contributed by atoms with Gasteiger partial charge in [-0.2, -0.15) is 0 Å². The number of benzene rings is 1. The molecule has 0 spiro atoms. The molecule has 3 heteroatoms. The van der Waals surface area contributed by atoms with Crippen LogP contribution in [0.5, 0.6) is 0 Å². The van der Waals surface area contributed by atoms with Crippen molar-refractivity contribution in [3.05, 3.63) is 53.1 Å². The largest absolute Gasteiger partial charge is 0.398 e. The van der Waals surface area contributed by atoms with Crippen molar-refractivity contribution < 1.29 is 0 Å². The molecule has 86 valence electrons. The summed E-state index contributed by atoms with van der Waals surface area (Å²) in [7, 11) is 0. The summed E-state index contributed by atoms with van der Waals surface area (Å²) < 4.78 is 0. The third-order valence-electron chi connectivity index (χ3n) is 2.74. The van der Waals surface area contributed by atoms with Gasteiger partial charge in [0.1, 0.15) is 0 Å². The van der Waals surface area contributed by atoms with Gasteiger partial charge >= 0.3 is 0 Å². The van der Waals surface area contributed by atoms with E-state index in [4.69, 9.17) is 11.1 Å². The molecule has 0 radical (unpaired) electrons. The fourth-order valence-electron chi connectivity index (χ4n) is 1.75. The van der Waals surface area contributed by atoms with Crippen molar-refractivity contribution in [1.82, 2.24) is 0 Å². The Morgan fingerprint density at radius 2 is 2.06 bits per heavy atom. The molecule has 3 nitrogen and oxygen atoms in total. The van der Waals surface area contributed by atoms with Crippen molar-refractivity contribution in [3.8, 4) is 0 Å². The summed E-state index contributed by atoms with van der Waals surface area (Å²) in [5.41, 5.74) is 9.56. The summed E-state index contributed by atoms with van der Waals surface area (Å²) in [4.78, 5) is 4.00. The summed E-state index contributed by atoms with van der Waals surface area (Å²) in [6.07, 6.45) is 4.44. The van der Waals surface area contributed by atoms with E-state index in [1.54, 1.807) is 6.21 Å². The molecule has 0 fully saturated rings. The zero-order valence-corrected chi connectivity index (χ0v) is 9.77. The van der Waals surface area contributed by atoms with Crippen molar-refractivity contribution in [2.45, 2.75) is 13.3 Å². The van der Waals surface area contributed by atoms with Gasteiger partial charge in [0.05, 0.1) is 0 Å². The molecular formula is C14H15N3. The van der Waals surface area contributed by atoms with E-state index >= 15 is 0 Å². The number of nitrogens with two attached hydrogens (primary N) is 1. The molecule has 2 rings (SSSR count). The lowest BCUT2D eigenvalue weighted by molar-refractivity contribution is 1.18. The maximum absolute atomic E-state index is 7.74. The molecule has 1 aromatic rings. The van der Waals surface area contributed by atoms with Crippen LogP contribution in [0.2, 0.25) is 0 Å². The van der Waals surface area contributed by atoms with Crippen LogP contribution in [0.15, 0.2) is 52.5 Å². The standard InChI is InChI=1S/C14H15N3/c1-2-10-9-17-14(16)12(10)8-13(15)11-6-4-3-5-7-11/h3-9,16H,2,15H2,1H3. The molecule has 0 bridgehead atoms. The van der Waals surface area contributed by atoms with Crippen LogP contribution in [0.25, 0.3) is 5.70 Å². The molecular weight excluding hydrogens is 210 g/mol. The molecule has 0 unspecified atom stereocenters. The summed E-state index contributed by atoms with van der Waals surface area (Å²) in [6.45, 7) is 2.05. The van der Waals surface area contributed by atoms with Crippen molar-refractivity contribution >= 4 is 17.7 Å². The normalized spacial score (nSPS) is 15.8. The summed E-state index contributed by atoms with van der Waals surface area (Å²) in [5, 5.41) is 7.74. The van der Waals surface area contributed by atoms with Gasteiger partial charge in [-0.15, -0.1) is 0 Å². The number of hydrogen-bond donors (Lipinski definition) is 2. The number of amidine groups is 1. The lowest BCUT2D eigenvalue weighted by Crippen LogP contribution is -2.00. The minimum Gasteiger partial charge on any atom is -0.398 e. The highest BCUT2D eigenvalue weighted by Crippen LogP contribution is 2.19. The lowest BCUT2D eigenvalue weighted by atomic mass is 10.0. The van der Waals surface area contributed by atoms with Crippen LogP contribution in [0.1, 0.15) is 18.9 Å². The van der Waals surface area contributed by atoms with Crippen LogP contribution in [0.3, 0.4) is 0 Å². The van der Waals surface area contributed by atoms with E-state index in [1.165, 1.54) is 0 Å². The maximum atomic E-state index is 7.74. The van der Waals surface area contributed by atoms with Crippen LogP contribution in [0.4, 0.5) is 0 Å². The Kier molecular flexibility index (Phi) is 3.19. The van der Waals surface area contributed by atoms with E-state index in [2.05, 4.69) is 4.99 Å².